The molecule has 1 aliphatic carbocycles. The fraction of sp³-hybridized carbons (Fsp3) is 0.269. The molecule has 0 atom stereocenters. The number of carbonyl (C=O) groups is 1. The summed E-state index contributed by atoms with van der Waals surface area (Å²) in [7, 11) is 0. The smallest absolute Gasteiger partial charge is 0.433 e. The number of rotatable bonds is 5. The van der Waals surface area contributed by atoms with Crippen molar-refractivity contribution >= 4 is 17.2 Å². The molecule has 2 heterocycles. The van der Waals surface area contributed by atoms with Gasteiger partial charge in [-0.25, -0.2) is 4.98 Å². The summed E-state index contributed by atoms with van der Waals surface area (Å²) in [6, 6.07) is 14.7. The topological polar surface area (TPSA) is 88.5 Å². The average Bonchev–Trinajstić information content (AvgIpc) is 3.48. The summed E-state index contributed by atoms with van der Waals surface area (Å²) in [5, 5.41) is 4.77. The van der Waals surface area contributed by atoms with Crippen LogP contribution in [0.25, 0.3) is 16.8 Å². The van der Waals surface area contributed by atoms with E-state index in [1.165, 1.54) is 19.1 Å². The largest absolute Gasteiger partial charge is 0.490 e. The second-order valence-corrected chi connectivity index (χ2v) is 8.77. The first-order chi connectivity index (χ1) is 17.2. The molecule has 5 rings (SSSR count). The van der Waals surface area contributed by atoms with Gasteiger partial charge in [-0.1, -0.05) is 36.4 Å². The molecule has 7 nitrogen and oxygen atoms in total. The number of aromatic amines is 1. The number of hydrogen-bond donors (Lipinski definition) is 2. The predicted octanol–water partition coefficient (Wildman–Crippen LogP) is 5.59. The Morgan fingerprint density at radius 3 is 2.53 bits per heavy atom. The molecule has 2 aromatic carbocycles. The van der Waals surface area contributed by atoms with Gasteiger partial charge in [0.05, 0.1) is 17.4 Å². The second kappa shape index (κ2) is 9.18. The summed E-state index contributed by atoms with van der Waals surface area (Å²) in [6.45, 7) is 1.42. The quantitative estimate of drug-likeness (QED) is 0.377. The SMILES string of the molecule is Cc1nc2c(-c3ccccc3)c(C(F)(F)F)[nH]n2c(=O)c1C(=O)Nc1cccc(OC2CCCC2)c1. The first-order valence-corrected chi connectivity index (χ1v) is 11.6. The molecule has 1 aliphatic rings. The van der Waals surface area contributed by atoms with Gasteiger partial charge in [-0.3, -0.25) is 14.7 Å². The molecule has 4 aromatic rings. The van der Waals surface area contributed by atoms with Crippen LogP contribution in [0.2, 0.25) is 0 Å². The molecular weight excluding hydrogens is 473 g/mol. The minimum absolute atomic E-state index is 0.0146. The van der Waals surface area contributed by atoms with Crippen LogP contribution in [-0.4, -0.2) is 26.6 Å². The van der Waals surface area contributed by atoms with E-state index >= 15 is 0 Å². The van der Waals surface area contributed by atoms with Crippen molar-refractivity contribution in [2.75, 3.05) is 5.32 Å². The highest BCUT2D eigenvalue weighted by Gasteiger charge is 2.38. The Bertz CT molecular complexity index is 1490. The van der Waals surface area contributed by atoms with Crippen molar-refractivity contribution in [3.63, 3.8) is 0 Å². The Labute approximate surface area is 203 Å². The van der Waals surface area contributed by atoms with Crippen molar-refractivity contribution in [2.45, 2.75) is 44.9 Å². The van der Waals surface area contributed by atoms with E-state index in [2.05, 4.69) is 15.4 Å². The first-order valence-electron chi connectivity index (χ1n) is 11.6. The Morgan fingerprint density at radius 2 is 1.83 bits per heavy atom. The molecule has 0 bridgehead atoms. The summed E-state index contributed by atoms with van der Waals surface area (Å²) in [4.78, 5) is 30.6. The zero-order chi connectivity index (χ0) is 25.4. The number of nitrogens with zero attached hydrogens (tertiary/aromatic N) is 2. The van der Waals surface area contributed by atoms with E-state index in [-0.39, 0.29) is 34.1 Å². The molecule has 0 aliphatic heterocycles. The summed E-state index contributed by atoms with van der Waals surface area (Å²) in [5.41, 5.74) is -2.22. The van der Waals surface area contributed by atoms with Crippen LogP contribution in [0.5, 0.6) is 5.75 Å². The second-order valence-electron chi connectivity index (χ2n) is 8.77. The van der Waals surface area contributed by atoms with Gasteiger partial charge in [0.2, 0.25) is 0 Å². The van der Waals surface area contributed by atoms with E-state index in [0.29, 0.717) is 16.0 Å². The summed E-state index contributed by atoms with van der Waals surface area (Å²) in [6.07, 6.45) is -0.481. The van der Waals surface area contributed by atoms with Crippen molar-refractivity contribution in [1.82, 2.24) is 14.6 Å². The Kier molecular flexibility index (Phi) is 6.03. The highest BCUT2D eigenvalue weighted by Crippen LogP contribution is 2.38. The van der Waals surface area contributed by atoms with Crippen LogP contribution in [0.3, 0.4) is 0 Å². The van der Waals surface area contributed by atoms with Crippen LogP contribution in [0.15, 0.2) is 59.4 Å². The van der Waals surface area contributed by atoms with Gasteiger partial charge in [0, 0.05) is 11.8 Å². The van der Waals surface area contributed by atoms with Gasteiger partial charge in [-0.05, 0) is 50.3 Å². The highest BCUT2D eigenvalue weighted by atomic mass is 19.4. The Hall–Kier alpha value is -4.08. The number of halogens is 3. The number of fused-ring (bicyclic) bond motifs is 1. The molecule has 36 heavy (non-hydrogen) atoms. The van der Waals surface area contributed by atoms with Crippen molar-refractivity contribution in [1.29, 1.82) is 0 Å². The molecule has 2 N–H and O–H groups in total. The number of hydrogen-bond acceptors (Lipinski definition) is 4. The maximum absolute atomic E-state index is 13.9. The molecule has 2 aromatic heterocycles. The van der Waals surface area contributed by atoms with Crippen molar-refractivity contribution in [3.8, 4) is 16.9 Å². The molecule has 0 unspecified atom stereocenters. The number of ether oxygens (including phenoxy) is 1. The third kappa shape index (κ3) is 4.46. The Morgan fingerprint density at radius 1 is 1.11 bits per heavy atom. The van der Waals surface area contributed by atoms with E-state index in [4.69, 9.17) is 4.74 Å². The number of H-pyrrole nitrogens is 1. The maximum atomic E-state index is 13.9. The average molecular weight is 496 g/mol. The standard InChI is InChI=1S/C26H23F3N4O3/c1-15-20(24(34)31-17-10-7-13-19(14-17)36-18-11-5-6-12-18)25(35)33-23(30-15)21(16-8-3-2-4-9-16)22(32-33)26(27,28)29/h2-4,7-10,13-14,18,32H,5-6,11-12H2,1H3,(H,31,34). The molecule has 1 fully saturated rings. The number of alkyl halides is 3. The normalized spacial score (nSPS) is 14.3. The van der Waals surface area contributed by atoms with Crippen molar-refractivity contribution in [3.05, 3.63) is 81.9 Å². The lowest BCUT2D eigenvalue weighted by Crippen LogP contribution is -2.29. The van der Waals surface area contributed by atoms with E-state index in [1.807, 2.05) is 0 Å². The number of aromatic nitrogens is 3. The number of carbonyl (C=O) groups excluding carboxylic acids is 1. The van der Waals surface area contributed by atoms with Crippen molar-refractivity contribution in [2.24, 2.45) is 0 Å². The molecule has 0 saturated heterocycles. The zero-order valence-corrected chi connectivity index (χ0v) is 19.4. The molecule has 1 amide bonds. The number of nitrogens with one attached hydrogen (secondary N) is 2. The van der Waals surface area contributed by atoms with E-state index in [9.17, 15) is 22.8 Å². The number of benzene rings is 2. The number of aryl methyl sites for hydroxylation is 1. The molecular formula is C26H23F3N4O3. The molecule has 186 valence electrons. The van der Waals surface area contributed by atoms with E-state index in [0.717, 1.165) is 25.7 Å². The summed E-state index contributed by atoms with van der Waals surface area (Å²) >= 11 is 0. The molecule has 0 spiro atoms. The lowest BCUT2D eigenvalue weighted by Gasteiger charge is -2.14. The van der Waals surface area contributed by atoms with Crippen LogP contribution < -0.4 is 15.6 Å². The lowest BCUT2D eigenvalue weighted by molar-refractivity contribution is -0.140. The minimum Gasteiger partial charge on any atom is -0.490 e. The van der Waals surface area contributed by atoms with Gasteiger partial charge in [0.15, 0.2) is 5.65 Å². The van der Waals surface area contributed by atoms with Crippen LogP contribution in [0.4, 0.5) is 18.9 Å². The number of amides is 1. The monoisotopic (exact) mass is 496 g/mol. The predicted molar refractivity (Wildman–Crippen MR) is 128 cm³/mol. The zero-order valence-electron chi connectivity index (χ0n) is 19.4. The summed E-state index contributed by atoms with van der Waals surface area (Å²) in [5.74, 6) is -0.185. The van der Waals surface area contributed by atoms with Crippen molar-refractivity contribution < 1.29 is 22.7 Å². The molecule has 10 heteroatoms. The van der Waals surface area contributed by atoms with E-state index < -0.39 is 23.3 Å². The van der Waals surface area contributed by atoms with E-state index in [1.54, 1.807) is 42.5 Å². The summed E-state index contributed by atoms with van der Waals surface area (Å²) < 4.78 is 48.2. The van der Waals surface area contributed by atoms with Gasteiger partial charge in [-0.2, -0.15) is 17.7 Å². The lowest BCUT2D eigenvalue weighted by atomic mass is 10.1. The third-order valence-electron chi connectivity index (χ3n) is 6.23. The van der Waals surface area contributed by atoms with Crippen LogP contribution in [0, 0.1) is 6.92 Å². The fourth-order valence-corrected chi connectivity index (χ4v) is 4.56. The van der Waals surface area contributed by atoms with Gasteiger partial charge in [-0.15, -0.1) is 0 Å². The minimum atomic E-state index is -4.78. The van der Waals surface area contributed by atoms with Gasteiger partial charge in [0.25, 0.3) is 11.5 Å². The Balaban J connectivity index is 1.53. The van der Waals surface area contributed by atoms with Crippen LogP contribution in [-0.2, 0) is 6.18 Å². The van der Waals surface area contributed by atoms with Gasteiger partial charge < -0.3 is 10.1 Å². The molecule has 1 saturated carbocycles. The first kappa shape index (κ1) is 23.7. The van der Waals surface area contributed by atoms with Crippen LogP contribution >= 0.6 is 0 Å². The maximum Gasteiger partial charge on any atom is 0.433 e. The highest BCUT2D eigenvalue weighted by molar-refractivity contribution is 6.05. The van der Waals surface area contributed by atoms with Gasteiger partial charge >= 0.3 is 6.18 Å². The number of anilines is 1. The third-order valence-corrected chi connectivity index (χ3v) is 6.23. The van der Waals surface area contributed by atoms with Crippen LogP contribution in [0.1, 0.15) is 47.4 Å². The molecule has 0 radical (unpaired) electrons. The van der Waals surface area contributed by atoms with Gasteiger partial charge in [0.1, 0.15) is 17.0 Å². The fourth-order valence-electron chi connectivity index (χ4n) is 4.56.